The van der Waals surface area contributed by atoms with E-state index in [0.717, 1.165) is 13.1 Å². The molecular weight excluding hydrogens is 136 g/mol. The lowest BCUT2D eigenvalue weighted by Crippen LogP contribution is -2.07. The molecule has 58 valence electrons. The van der Waals surface area contributed by atoms with Crippen molar-refractivity contribution in [1.29, 1.82) is 0 Å². The van der Waals surface area contributed by atoms with Crippen molar-refractivity contribution in [3.63, 3.8) is 0 Å². The third kappa shape index (κ3) is 1.34. The van der Waals surface area contributed by atoms with Crippen molar-refractivity contribution in [2.75, 3.05) is 13.1 Å². The van der Waals surface area contributed by atoms with Crippen molar-refractivity contribution in [3.05, 3.63) is 23.4 Å². The third-order valence-electron chi connectivity index (χ3n) is 2.03. The Morgan fingerprint density at radius 2 is 2.45 bits per heavy atom. The highest BCUT2D eigenvalue weighted by Crippen LogP contribution is 2.14. The summed E-state index contributed by atoms with van der Waals surface area (Å²) in [4.78, 5) is 4.19. The molecule has 0 aromatic rings. The molecule has 1 fully saturated rings. The topological polar surface area (TPSA) is 24.4 Å². The van der Waals surface area contributed by atoms with Gasteiger partial charge in [0.05, 0.1) is 6.54 Å². The Morgan fingerprint density at radius 1 is 1.45 bits per heavy atom. The summed E-state index contributed by atoms with van der Waals surface area (Å²) in [5.74, 6) is 0. The van der Waals surface area contributed by atoms with Crippen LogP contribution in [0.25, 0.3) is 0 Å². The highest BCUT2D eigenvalue weighted by Gasteiger charge is 2.08. The quantitative estimate of drug-likeness (QED) is 0.549. The van der Waals surface area contributed by atoms with E-state index in [-0.39, 0.29) is 0 Å². The van der Waals surface area contributed by atoms with Gasteiger partial charge in [-0.25, -0.2) is 0 Å². The molecular formula is C9H12N2. The lowest BCUT2D eigenvalue weighted by molar-refractivity contribution is 0.902. The van der Waals surface area contributed by atoms with Crippen LogP contribution in [0.5, 0.6) is 0 Å². The fraction of sp³-hybridized carbons (Fsp3) is 0.444. The van der Waals surface area contributed by atoms with Gasteiger partial charge >= 0.3 is 0 Å². The number of nitrogens with one attached hydrogen (secondary N) is 1. The molecule has 2 aliphatic heterocycles. The molecule has 1 N–H and O–H groups in total. The number of hydrogen-bond donors (Lipinski definition) is 1. The zero-order valence-corrected chi connectivity index (χ0v) is 6.51. The van der Waals surface area contributed by atoms with Gasteiger partial charge in [0.15, 0.2) is 0 Å². The van der Waals surface area contributed by atoms with E-state index < -0.39 is 0 Å². The van der Waals surface area contributed by atoms with Crippen molar-refractivity contribution >= 4 is 6.21 Å². The minimum atomic E-state index is 0.844. The van der Waals surface area contributed by atoms with E-state index >= 15 is 0 Å². The Hall–Kier alpha value is -1.05. The van der Waals surface area contributed by atoms with Crippen LogP contribution in [0.4, 0.5) is 0 Å². The van der Waals surface area contributed by atoms with Gasteiger partial charge in [-0.3, -0.25) is 4.99 Å². The molecule has 2 heterocycles. The first-order chi connectivity index (χ1) is 5.47. The summed E-state index contributed by atoms with van der Waals surface area (Å²) in [5.41, 5.74) is 2.64. The van der Waals surface area contributed by atoms with Crippen LogP contribution < -0.4 is 5.32 Å². The molecule has 0 saturated carbocycles. The first-order valence-electron chi connectivity index (χ1n) is 4.10. The molecule has 0 unspecified atom stereocenters. The molecule has 0 aromatic carbocycles. The van der Waals surface area contributed by atoms with Crippen LogP contribution in [0, 0.1) is 0 Å². The van der Waals surface area contributed by atoms with Crippen LogP contribution in [-0.2, 0) is 0 Å². The summed E-state index contributed by atoms with van der Waals surface area (Å²) < 4.78 is 0. The molecule has 0 radical (unpaired) electrons. The maximum atomic E-state index is 4.19. The molecule has 0 bridgehead atoms. The summed E-state index contributed by atoms with van der Waals surface area (Å²) in [6.45, 7) is 1.97. The predicted molar refractivity (Wildman–Crippen MR) is 46.8 cm³/mol. The molecule has 0 aromatic heterocycles. The Labute approximate surface area is 66.7 Å². The van der Waals surface area contributed by atoms with Gasteiger partial charge in [-0.1, -0.05) is 12.2 Å². The van der Waals surface area contributed by atoms with E-state index in [1.54, 1.807) is 0 Å². The fourth-order valence-electron chi connectivity index (χ4n) is 1.45. The molecule has 0 amide bonds. The highest BCUT2D eigenvalue weighted by atomic mass is 14.9. The van der Waals surface area contributed by atoms with Gasteiger partial charge in [-0.15, -0.1) is 0 Å². The molecule has 0 aliphatic carbocycles. The first kappa shape index (κ1) is 6.65. The largest absolute Gasteiger partial charge is 0.388 e. The lowest BCUT2D eigenvalue weighted by Gasteiger charge is -2.04. The van der Waals surface area contributed by atoms with Crippen LogP contribution in [0.2, 0.25) is 0 Å². The van der Waals surface area contributed by atoms with E-state index in [1.165, 1.54) is 24.1 Å². The zero-order chi connectivity index (χ0) is 7.52. The molecule has 2 heteroatoms. The van der Waals surface area contributed by atoms with E-state index in [9.17, 15) is 0 Å². The Balaban J connectivity index is 2.22. The first-order valence-corrected chi connectivity index (χ1v) is 4.10. The maximum Gasteiger partial charge on any atom is 0.0573 e. The highest BCUT2D eigenvalue weighted by molar-refractivity contribution is 5.84. The third-order valence-corrected chi connectivity index (χ3v) is 2.03. The SMILES string of the molecule is C1=CC(=C2CCCN2)C=NC1. The van der Waals surface area contributed by atoms with E-state index in [2.05, 4.69) is 22.5 Å². The Kier molecular flexibility index (Phi) is 1.76. The van der Waals surface area contributed by atoms with Gasteiger partial charge in [0.2, 0.25) is 0 Å². The van der Waals surface area contributed by atoms with Gasteiger partial charge in [-0.2, -0.15) is 0 Å². The lowest BCUT2D eigenvalue weighted by atomic mass is 10.1. The molecule has 1 saturated heterocycles. The second kappa shape index (κ2) is 2.91. The average Bonchev–Trinajstić information content (AvgIpc) is 2.58. The molecule has 2 nitrogen and oxygen atoms in total. The van der Waals surface area contributed by atoms with Crippen LogP contribution in [0.3, 0.4) is 0 Å². The maximum absolute atomic E-state index is 4.19. The summed E-state index contributed by atoms with van der Waals surface area (Å²) in [7, 11) is 0. The van der Waals surface area contributed by atoms with Crippen LogP contribution >= 0.6 is 0 Å². The summed E-state index contributed by atoms with van der Waals surface area (Å²) in [5, 5.41) is 3.36. The summed E-state index contributed by atoms with van der Waals surface area (Å²) in [6, 6.07) is 0. The van der Waals surface area contributed by atoms with Gasteiger partial charge < -0.3 is 5.32 Å². The number of hydrogen-bond acceptors (Lipinski definition) is 2. The van der Waals surface area contributed by atoms with Crippen molar-refractivity contribution in [2.45, 2.75) is 12.8 Å². The monoisotopic (exact) mass is 148 g/mol. The van der Waals surface area contributed by atoms with E-state index in [0.29, 0.717) is 0 Å². The fourth-order valence-corrected chi connectivity index (χ4v) is 1.45. The van der Waals surface area contributed by atoms with Crippen molar-refractivity contribution in [2.24, 2.45) is 4.99 Å². The second-order valence-electron chi connectivity index (χ2n) is 2.86. The molecule has 2 aliphatic rings. The summed E-state index contributed by atoms with van der Waals surface area (Å²) >= 11 is 0. The Morgan fingerprint density at radius 3 is 3.09 bits per heavy atom. The van der Waals surface area contributed by atoms with E-state index in [1.807, 2.05) is 6.21 Å². The number of allylic oxidation sites excluding steroid dienone is 3. The van der Waals surface area contributed by atoms with Crippen molar-refractivity contribution in [3.8, 4) is 0 Å². The van der Waals surface area contributed by atoms with Crippen LogP contribution in [-0.4, -0.2) is 19.3 Å². The van der Waals surface area contributed by atoms with Crippen LogP contribution in [0.15, 0.2) is 28.4 Å². The minimum Gasteiger partial charge on any atom is -0.388 e. The number of rotatable bonds is 0. The molecule has 0 atom stereocenters. The molecule has 0 spiro atoms. The van der Waals surface area contributed by atoms with Gasteiger partial charge in [0, 0.05) is 24.0 Å². The predicted octanol–water partition coefficient (Wildman–Crippen LogP) is 1.26. The van der Waals surface area contributed by atoms with Gasteiger partial charge in [0.1, 0.15) is 0 Å². The average molecular weight is 148 g/mol. The normalized spacial score (nSPS) is 29.1. The van der Waals surface area contributed by atoms with Gasteiger partial charge in [-0.05, 0) is 12.8 Å². The zero-order valence-electron chi connectivity index (χ0n) is 6.51. The number of nitrogens with zero attached hydrogens (tertiary/aromatic N) is 1. The second-order valence-corrected chi connectivity index (χ2v) is 2.86. The minimum absolute atomic E-state index is 0.844. The van der Waals surface area contributed by atoms with Crippen molar-refractivity contribution < 1.29 is 0 Å². The standard InChI is InChI=1S/C9H12N2/c1-3-8(7-10-5-1)9-4-2-6-11-9/h1,3,7,11H,2,4-6H2. The Bertz CT molecular complexity index is 214. The molecule has 2 rings (SSSR count). The van der Waals surface area contributed by atoms with Gasteiger partial charge in [0.25, 0.3) is 0 Å². The number of dihydropyridines is 1. The number of aliphatic imine (C=N–C) groups is 1. The molecule has 11 heavy (non-hydrogen) atoms. The van der Waals surface area contributed by atoms with E-state index in [4.69, 9.17) is 0 Å². The smallest absolute Gasteiger partial charge is 0.0573 e. The summed E-state index contributed by atoms with van der Waals surface area (Å²) in [6.07, 6.45) is 8.67. The van der Waals surface area contributed by atoms with Crippen molar-refractivity contribution in [1.82, 2.24) is 5.32 Å². The van der Waals surface area contributed by atoms with Crippen LogP contribution in [0.1, 0.15) is 12.8 Å².